The van der Waals surface area contributed by atoms with Crippen LogP contribution in [0.5, 0.6) is 0 Å². The molecule has 0 unspecified atom stereocenters. The molecular formula is C20H21ClN6O. The fraction of sp³-hybridized carbons (Fsp3) is 0.250. The molecule has 28 heavy (non-hydrogen) atoms. The average Bonchev–Trinajstić information content (AvgIpc) is 2.73. The molecule has 8 heteroatoms. The summed E-state index contributed by atoms with van der Waals surface area (Å²) >= 11 is 6.20. The zero-order valence-corrected chi connectivity index (χ0v) is 16.3. The quantitative estimate of drug-likeness (QED) is 0.670. The summed E-state index contributed by atoms with van der Waals surface area (Å²) in [6.07, 6.45) is 1.58. The second kappa shape index (κ2) is 8.41. The molecule has 2 heterocycles. The fourth-order valence-corrected chi connectivity index (χ4v) is 3.25. The van der Waals surface area contributed by atoms with Crippen molar-refractivity contribution in [2.75, 3.05) is 41.8 Å². The summed E-state index contributed by atoms with van der Waals surface area (Å²) in [5, 5.41) is 15.4. The summed E-state index contributed by atoms with van der Waals surface area (Å²) in [7, 11) is 0. The van der Waals surface area contributed by atoms with E-state index in [0.29, 0.717) is 16.8 Å². The van der Waals surface area contributed by atoms with Gasteiger partial charge in [0.2, 0.25) is 5.95 Å². The number of anilines is 5. The Morgan fingerprint density at radius 3 is 2.64 bits per heavy atom. The van der Waals surface area contributed by atoms with Gasteiger partial charge in [0.1, 0.15) is 0 Å². The van der Waals surface area contributed by atoms with Gasteiger partial charge in [-0.2, -0.15) is 10.1 Å². The highest BCUT2D eigenvalue weighted by molar-refractivity contribution is 6.31. The van der Waals surface area contributed by atoms with Crippen molar-refractivity contribution < 1.29 is 4.74 Å². The predicted octanol–water partition coefficient (Wildman–Crippen LogP) is 4.16. The first-order valence-electron chi connectivity index (χ1n) is 9.11. The van der Waals surface area contributed by atoms with Crippen LogP contribution < -0.4 is 15.5 Å². The molecule has 2 N–H and O–H groups in total. The third-order valence-electron chi connectivity index (χ3n) is 4.59. The molecule has 2 aromatic carbocycles. The molecule has 0 saturated carbocycles. The zero-order chi connectivity index (χ0) is 19.3. The number of nitrogens with zero attached hydrogens (tertiary/aromatic N) is 4. The number of hydrogen-bond acceptors (Lipinski definition) is 7. The van der Waals surface area contributed by atoms with Gasteiger partial charge in [0.15, 0.2) is 5.82 Å². The number of benzene rings is 2. The van der Waals surface area contributed by atoms with Gasteiger partial charge in [-0.3, -0.25) is 0 Å². The number of ether oxygens (including phenoxy) is 1. The van der Waals surface area contributed by atoms with Crippen LogP contribution in [-0.4, -0.2) is 41.5 Å². The van der Waals surface area contributed by atoms with Gasteiger partial charge in [-0.25, -0.2) is 0 Å². The Balaban J connectivity index is 1.55. The minimum Gasteiger partial charge on any atom is -0.378 e. The van der Waals surface area contributed by atoms with Gasteiger partial charge in [0.05, 0.1) is 30.8 Å². The number of nitrogens with one attached hydrogen (secondary N) is 2. The summed E-state index contributed by atoms with van der Waals surface area (Å²) in [5.74, 6) is 1.01. The van der Waals surface area contributed by atoms with Crippen LogP contribution in [0.4, 0.5) is 28.8 Å². The zero-order valence-electron chi connectivity index (χ0n) is 15.5. The van der Waals surface area contributed by atoms with Crippen LogP contribution in [0.1, 0.15) is 5.56 Å². The molecule has 1 aromatic heterocycles. The van der Waals surface area contributed by atoms with Crippen LogP contribution in [0, 0.1) is 6.92 Å². The van der Waals surface area contributed by atoms with Gasteiger partial charge in [0.25, 0.3) is 0 Å². The summed E-state index contributed by atoms with van der Waals surface area (Å²) in [4.78, 5) is 6.83. The highest BCUT2D eigenvalue weighted by Gasteiger charge is 2.15. The minimum atomic E-state index is 0.422. The van der Waals surface area contributed by atoms with Gasteiger partial charge in [-0.05, 0) is 36.8 Å². The Hall–Kier alpha value is -2.90. The molecule has 1 saturated heterocycles. The number of aromatic nitrogens is 3. The van der Waals surface area contributed by atoms with Crippen molar-refractivity contribution in [1.29, 1.82) is 0 Å². The lowest BCUT2D eigenvalue weighted by Gasteiger charge is -2.30. The van der Waals surface area contributed by atoms with E-state index in [2.05, 4.69) is 36.8 Å². The maximum Gasteiger partial charge on any atom is 0.249 e. The van der Waals surface area contributed by atoms with Crippen molar-refractivity contribution in [3.63, 3.8) is 0 Å². The topological polar surface area (TPSA) is 75.2 Å². The summed E-state index contributed by atoms with van der Waals surface area (Å²) in [5.41, 5.74) is 3.86. The molecule has 0 amide bonds. The lowest BCUT2D eigenvalue weighted by Crippen LogP contribution is -2.36. The maximum absolute atomic E-state index is 6.20. The van der Waals surface area contributed by atoms with Gasteiger partial charge in [-0.1, -0.05) is 29.8 Å². The highest BCUT2D eigenvalue weighted by Crippen LogP contribution is 2.29. The van der Waals surface area contributed by atoms with Crippen molar-refractivity contribution in [2.45, 2.75) is 6.92 Å². The van der Waals surface area contributed by atoms with Gasteiger partial charge < -0.3 is 20.3 Å². The first-order valence-corrected chi connectivity index (χ1v) is 9.49. The molecule has 1 aliphatic rings. The standard InChI is InChI=1S/C20H21ClN6O/c1-14-15(21)5-4-7-16(14)23-19-13-22-26-20(25-19)24-17-6-2-3-8-18(17)27-9-11-28-12-10-27/h2-8,13H,9-12H2,1H3,(H2,23,24,25,26). The molecule has 3 aromatic rings. The third kappa shape index (κ3) is 4.16. The normalized spacial score (nSPS) is 14.0. The van der Waals surface area contributed by atoms with E-state index in [-0.39, 0.29) is 0 Å². The summed E-state index contributed by atoms with van der Waals surface area (Å²) < 4.78 is 5.46. The number of halogens is 1. The minimum absolute atomic E-state index is 0.422. The van der Waals surface area contributed by atoms with E-state index in [0.717, 1.165) is 48.9 Å². The Morgan fingerprint density at radius 1 is 1.00 bits per heavy atom. The number of morpholine rings is 1. The van der Waals surface area contributed by atoms with Crippen LogP contribution in [0.3, 0.4) is 0 Å². The van der Waals surface area contributed by atoms with Crippen LogP contribution >= 0.6 is 11.6 Å². The molecule has 4 rings (SSSR count). The SMILES string of the molecule is Cc1c(Cl)cccc1Nc1cnnc(Nc2ccccc2N2CCOCC2)n1. The van der Waals surface area contributed by atoms with Crippen molar-refractivity contribution in [3.8, 4) is 0 Å². The molecule has 0 aliphatic carbocycles. The Bertz CT molecular complexity index is 961. The lowest BCUT2D eigenvalue weighted by atomic mass is 10.2. The van der Waals surface area contributed by atoms with E-state index in [4.69, 9.17) is 16.3 Å². The second-order valence-corrected chi connectivity index (χ2v) is 6.85. The van der Waals surface area contributed by atoms with Crippen LogP contribution in [0.25, 0.3) is 0 Å². The fourth-order valence-electron chi connectivity index (χ4n) is 3.08. The second-order valence-electron chi connectivity index (χ2n) is 6.44. The van der Waals surface area contributed by atoms with Crippen molar-refractivity contribution in [2.24, 2.45) is 0 Å². The number of hydrogen-bond donors (Lipinski definition) is 2. The van der Waals surface area contributed by atoms with E-state index in [1.54, 1.807) is 6.20 Å². The lowest BCUT2D eigenvalue weighted by molar-refractivity contribution is 0.123. The van der Waals surface area contributed by atoms with E-state index in [1.807, 2.05) is 43.3 Å². The molecule has 1 aliphatic heterocycles. The van der Waals surface area contributed by atoms with Crippen LogP contribution in [0.15, 0.2) is 48.7 Å². The molecule has 144 valence electrons. The molecule has 0 atom stereocenters. The first kappa shape index (κ1) is 18.5. The molecule has 0 radical (unpaired) electrons. The highest BCUT2D eigenvalue weighted by atomic mass is 35.5. The average molecular weight is 397 g/mol. The molecular weight excluding hydrogens is 376 g/mol. The molecule has 0 spiro atoms. The smallest absolute Gasteiger partial charge is 0.249 e. The van der Waals surface area contributed by atoms with Crippen molar-refractivity contribution in [1.82, 2.24) is 15.2 Å². The van der Waals surface area contributed by atoms with Crippen LogP contribution in [0.2, 0.25) is 5.02 Å². The van der Waals surface area contributed by atoms with E-state index in [1.165, 1.54) is 0 Å². The summed E-state index contributed by atoms with van der Waals surface area (Å²) in [6.45, 7) is 5.12. The number of rotatable bonds is 5. The van der Waals surface area contributed by atoms with Gasteiger partial charge >= 0.3 is 0 Å². The predicted molar refractivity (Wildman–Crippen MR) is 112 cm³/mol. The Labute approximate surface area is 168 Å². The first-order chi connectivity index (χ1) is 13.7. The van der Waals surface area contributed by atoms with Crippen molar-refractivity contribution in [3.05, 3.63) is 59.2 Å². The monoisotopic (exact) mass is 396 g/mol. The molecule has 0 bridgehead atoms. The third-order valence-corrected chi connectivity index (χ3v) is 5.00. The van der Waals surface area contributed by atoms with E-state index in [9.17, 15) is 0 Å². The Kier molecular flexibility index (Phi) is 5.55. The van der Waals surface area contributed by atoms with Gasteiger partial charge in [-0.15, -0.1) is 5.10 Å². The largest absolute Gasteiger partial charge is 0.378 e. The maximum atomic E-state index is 6.20. The summed E-state index contributed by atoms with van der Waals surface area (Å²) in [6, 6.07) is 13.8. The van der Waals surface area contributed by atoms with Crippen molar-refractivity contribution >= 4 is 40.4 Å². The van der Waals surface area contributed by atoms with E-state index >= 15 is 0 Å². The molecule has 7 nitrogen and oxygen atoms in total. The van der Waals surface area contributed by atoms with Gasteiger partial charge in [0, 0.05) is 23.8 Å². The molecule has 1 fully saturated rings. The Morgan fingerprint density at radius 2 is 1.79 bits per heavy atom. The van der Waals surface area contributed by atoms with E-state index < -0.39 is 0 Å². The number of para-hydroxylation sites is 2. The van der Waals surface area contributed by atoms with Crippen LogP contribution in [-0.2, 0) is 4.74 Å².